The van der Waals surface area contributed by atoms with Crippen molar-refractivity contribution >= 4 is 44.7 Å². The molecule has 3 heterocycles. The molecule has 1 saturated heterocycles. The van der Waals surface area contributed by atoms with Crippen LogP contribution in [0.4, 0.5) is 4.39 Å². The molecule has 13 nitrogen and oxygen atoms in total. The average molecular weight is 761 g/mol. The highest BCUT2D eigenvalue weighted by atomic mass is 32.2. The fraction of sp³-hybridized carbons (Fsp3) is 0.487. The van der Waals surface area contributed by atoms with E-state index in [9.17, 15) is 32.0 Å². The minimum atomic E-state index is -3.91. The molecule has 7 rings (SSSR count). The Morgan fingerprint density at radius 3 is 2.56 bits per heavy atom. The summed E-state index contributed by atoms with van der Waals surface area (Å²) in [6, 6.07) is 8.96. The van der Waals surface area contributed by atoms with Crippen molar-refractivity contribution in [1.29, 1.82) is 0 Å². The van der Waals surface area contributed by atoms with E-state index in [0.717, 1.165) is 18.4 Å². The molecule has 0 bridgehead atoms. The first kappa shape index (κ1) is 37.4. The minimum Gasteiger partial charge on any atom is -0.471 e. The van der Waals surface area contributed by atoms with Crippen LogP contribution in [0.2, 0.25) is 0 Å². The third kappa shape index (κ3) is 7.96. The Labute approximate surface area is 313 Å². The van der Waals surface area contributed by atoms with Crippen molar-refractivity contribution in [2.24, 2.45) is 5.92 Å². The van der Waals surface area contributed by atoms with Gasteiger partial charge in [0.15, 0.2) is 0 Å². The van der Waals surface area contributed by atoms with Gasteiger partial charge in [-0.1, -0.05) is 49.6 Å². The first-order valence-corrected chi connectivity index (χ1v) is 20.3. The molecule has 4 amide bonds. The number of carbonyl (C=O) groups is 4. The van der Waals surface area contributed by atoms with Crippen molar-refractivity contribution in [3.05, 3.63) is 77.3 Å². The lowest BCUT2D eigenvalue weighted by molar-refractivity contribution is -0.141. The van der Waals surface area contributed by atoms with Gasteiger partial charge in [-0.15, -0.1) is 0 Å². The van der Waals surface area contributed by atoms with Crippen LogP contribution in [0.5, 0.6) is 5.88 Å². The fourth-order valence-electron chi connectivity index (χ4n) is 7.32. The molecule has 0 radical (unpaired) electrons. The summed E-state index contributed by atoms with van der Waals surface area (Å²) in [6.45, 7) is 3.72. The highest BCUT2D eigenvalue weighted by molar-refractivity contribution is 7.91. The Morgan fingerprint density at radius 1 is 1.04 bits per heavy atom. The van der Waals surface area contributed by atoms with E-state index in [-0.39, 0.29) is 30.8 Å². The summed E-state index contributed by atoms with van der Waals surface area (Å²) in [5.74, 6) is -3.16. The molecule has 4 aliphatic rings. The molecule has 5 atom stereocenters. The second-order valence-electron chi connectivity index (χ2n) is 14.8. The molecular weight excluding hydrogens is 716 g/mol. The van der Waals surface area contributed by atoms with E-state index in [1.54, 1.807) is 12.1 Å². The SMILES string of the molecule is CCc1nc2ccc(F)cc2nc1OC1CC2C(=O)NC3(C(=O)NS(=O)(=O)C4CC4)CC3C=CCCCCCC(NC(=O)c3ccc(C)cc3)C(=O)N2C1. The number of allylic oxidation sites excluding steroid dienone is 1. The average Bonchev–Trinajstić information content (AvgIpc) is 4.07. The van der Waals surface area contributed by atoms with E-state index in [1.807, 2.05) is 38.1 Å². The van der Waals surface area contributed by atoms with E-state index in [2.05, 4.69) is 25.3 Å². The van der Waals surface area contributed by atoms with Gasteiger partial charge in [0.2, 0.25) is 27.7 Å². The maximum absolute atomic E-state index is 14.6. The normalized spacial score (nSPS) is 26.2. The maximum Gasteiger partial charge on any atom is 0.259 e. The van der Waals surface area contributed by atoms with E-state index >= 15 is 0 Å². The number of ether oxygens (including phenoxy) is 1. The van der Waals surface area contributed by atoms with Gasteiger partial charge < -0.3 is 20.3 Å². The van der Waals surface area contributed by atoms with Crippen molar-refractivity contribution in [3.8, 4) is 5.88 Å². The summed E-state index contributed by atoms with van der Waals surface area (Å²) >= 11 is 0. The highest BCUT2D eigenvalue weighted by Crippen LogP contribution is 2.46. The molecule has 5 unspecified atom stereocenters. The summed E-state index contributed by atoms with van der Waals surface area (Å²) in [5, 5.41) is 5.13. The third-order valence-corrected chi connectivity index (χ3v) is 12.6. The number of amides is 4. The molecule has 0 spiro atoms. The molecule has 2 aliphatic heterocycles. The van der Waals surface area contributed by atoms with Crippen molar-refractivity contribution in [1.82, 2.24) is 30.2 Å². The Morgan fingerprint density at radius 2 is 1.81 bits per heavy atom. The summed E-state index contributed by atoms with van der Waals surface area (Å²) in [6.07, 6.45) is 7.78. The molecule has 15 heteroatoms. The molecule has 54 heavy (non-hydrogen) atoms. The fourth-order valence-corrected chi connectivity index (χ4v) is 8.69. The Hall–Kier alpha value is -4.92. The number of nitrogens with one attached hydrogen (secondary N) is 3. The number of fused-ring (bicyclic) bond motifs is 3. The lowest BCUT2D eigenvalue weighted by atomic mass is 10.0. The van der Waals surface area contributed by atoms with Gasteiger partial charge >= 0.3 is 0 Å². The van der Waals surface area contributed by atoms with Crippen molar-refractivity contribution < 1.29 is 36.7 Å². The van der Waals surface area contributed by atoms with Gasteiger partial charge in [-0.2, -0.15) is 0 Å². The van der Waals surface area contributed by atoms with Crippen LogP contribution in [-0.4, -0.2) is 82.4 Å². The van der Waals surface area contributed by atoms with Gasteiger partial charge in [-0.05, 0) is 76.1 Å². The molecule has 1 aromatic heterocycles. The van der Waals surface area contributed by atoms with Crippen LogP contribution in [0.15, 0.2) is 54.6 Å². The van der Waals surface area contributed by atoms with E-state index in [1.165, 1.54) is 23.1 Å². The standard InChI is InChI=1S/C39H45FN6O7S/c1-3-29-36(43-32-19-26(40)15-18-30(32)41-29)53-27-20-33-35(48)44-39(38(50)45-54(51,52)28-16-17-28)21-25(39)9-7-5-4-6-8-10-31(37(49)46(33)22-27)42-34(47)24-13-11-23(2)12-14-24/h7,9,11-15,18-19,25,27-28,31,33H,3-6,8,10,16-17,20-22H2,1-2H3,(H,42,47)(H,44,48)(H,45,50). The first-order chi connectivity index (χ1) is 25.9. The Bertz CT molecular complexity index is 2110. The zero-order chi connectivity index (χ0) is 38.2. The summed E-state index contributed by atoms with van der Waals surface area (Å²) in [7, 11) is -3.91. The number of hydrogen-bond donors (Lipinski definition) is 3. The number of aromatic nitrogens is 2. The zero-order valence-corrected chi connectivity index (χ0v) is 31.2. The predicted molar refractivity (Wildman–Crippen MR) is 197 cm³/mol. The largest absolute Gasteiger partial charge is 0.471 e. The van der Waals surface area contributed by atoms with Crippen LogP contribution in [0.25, 0.3) is 11.0 Å². The molecule has 3 aromatic rings. The van der Waals surface area contributed by atoms with Crippen LogP contribution in [0, 0.1) is 18.7 Å². The maximum atomic E-state index is 14.6. The molecule has 3 N–H and O–H groups in total. The van der Waals surface area contributed by atoms with Crippen molar-refractivity contribution in [2.45, 2.75) is 107 Å². The summed E-state index contributed by atoms with van der Waals surface area (Å²) in [4.78, 5) is 66.6. The van der Waals surface area contributed by atoms with Gasteiger partial charge in [0, 0.05) is 24.0 Å². The number of nitrogens with zero attached hydrogens (tertiary/aromatic N) is 3. The van der Waals surface area contributed by atoms with Crippen LogP contribution in [0.3, 0.4) is 0 Å². The molecule has 2 aliphatic carbocycles. The number of hydrogen-bond acceptors (Lipinski definition) is 9. The molecule has 3 fully saturated rings. The Balaban J connectivity index is 1.20. The molecular formula is C39H45FN6O7S. The zero-order valence-electron chi connectivity index (χ0n) is 30.3. The van der Waals surface area contributed by atoms with Crippen LogP contribution < -0.4 is 20.1 Å². The monoisotopic (exact) mass is 760 g/mol. The van der Waals surface area contributed by atoms with Gasteiger partial charge in [0.05, 0.1) is 22.8 Å². The summed E-state index contributed by atoms with van der Waals surface area (Å²) < 4.78 is 48.4. The van der Waals surface area contributed by atoms with Crippen LogP contribution in [-0.2, 0) is 30.8 Å². The quantitative estimate of drug-likeness (QED) is 0.289. The molecule has 286 valence electrons. The summed E-state index contributed by atoms with van der Waals surface area (Å²) in [5.41, 5.74) is 1.12. The number of sulfonamides is 1. The van der Waals surface area contributed by atoms with Crippen LogP contribution >= 0.6 is 0 Å². The minimum absolute atomic E-state index is 0.000795. The van der Waals surface area contributed by atoms with Gasteiger partial charge in [0.1, 0.15) is 35.2 Å². The molecule has 2 saturated carbocycles. The highest BCUT2D eigenvalue weighted by Gasteiger charge is 2.62. The number of halogens is 1. The number of aryl methyl sites for hydroxylation is 2. The molecule has 2 aromatic carbocycles. The van der Waals surface area contributed by atoms with E-state index in [4.69, 9.17) is 4.74 Å². The van der Waals surface area contributed by atoms with Gasteiger partial charge in [-0.25, -0.2) is 22.8 Å². The third-order valence-electron chi connectivity index (χ3n) is 10.7. The predicted octanol–water partition coefficient (Wildman–Crippen LogP) is 3.79. The van der Waals surface area contributed by atoms with Crippen molar-refractivity contribution in [2.75, 3.05) is 6.54 Å². The first-order valence-electron chi connectivity index (χ1n) is 18.7. The Kier molecular flexibility index (Phi) is 10.4. The smallest absolute Gasteiger partial charge is 0.259 e. The number of rotatable bonds is 8. The number of benzene rings is 2. The topological polar surface area (TPSA) is 177 Å². The second-order valence-corrected chi connectivity index (χ2v) is 16.8. The van der Waals surface area contributed by atoms with Crippen molar-refractivity contribution in [3.63, 3.8) is 0 Å². The lowest BCUT2D eigenvalue weighted by Gasteiger charge is -2.30. The van der Waals surface area contributed by atoms with E-state index < -0.39 is 74.4 Å². The second kappa shape index (κ2) is 15.1. The van der Waals surface area contributed by atoms with Gasteiger partial charge in [0.25, 0.3) is 11.8 Å². The van der Waals surface area contributed by atoms with E-state index in [0.29, 0.717) is 55.3 Å². The van der Waals surface area contributed by atoms with Crippen LogP contribution in [0.1, 0.15) is 86.3 Å². The lowest BCUT2D eigenvalue weighted by Crippen LogP contribution is -2.58. The number of carbonyl (C=O) groups excluding carboxylic acids is 4. The van der Waals surface area contributed by atoms with Gasteiger partial charge in [-0.3, -0.25) is 23.9 Å².